The molecule has 3 aromatic heterocycles. The SMILES string of the molecule is CCC(C)(CC)C(=O)/C=C(\O)C(C)(CC)CC.Cc1oc2nc(-c3[c-]c4ccccc4c(C(C)(C)C)c3)cc(-c3coc4ccccc34)c2c1C.[Ir]. The van der Waals surface area contributed by atoms with E-state index in [1.54, 1.807) is 0 Å². The average molecular weight is 877 g/mol. The van der Waals surface area contributed by atoms with Gasteiger partial charge in [-0.2, -0.15) is 0 Å². The van der Waals surface area contributed by atoms with Gasteiger partial charge in [0.05, 0.1) is 11.6 Å². The zero-order valence-electron chi connectivity index (χ0n) is 32.7. The van der Waals surface area contributed by atoms with Gasteiger partial charge < -0.3 is 13.9 Å². The predicted octanol–water partition coefficient (Wildman–Crippen LogP) is 13.4. The Morgan fingerprint density at radius 3 is 2.04 bits per heavy atom. The first-order valence-electron chi connectivity index (χ1n) is 18.4. The molecule has 0 unspecified atom stereocenters. The van der Waals surface area contributed by atoms with Crippen LogP contribution in [0.25, 0.3) is 55.2 Å². The second kappa shape index (κ2) is 15.9. The van der Waals surface area contributed by atoms with Crippen LogP contribution in [0.4, 0.5) is 0 Å². The average Bonchev–Trinajstić information content (AvgIpc) is 3.69. The minimum atomic E-state index is -0.337. The van der Waals surface area contributed by atoms with Gasteiger partial charge in [-0.3, -0.25) is 9.78 Å². The molecule has 0 aliphatic rings. The van der Waals surface area contributed by atoms with Crippen molar-refractivity contribution in [1.82, 2.24) is 4.98 Å². The van der Waals surface area contributed by atoms with E-state index >= 15 is 0 Å². The number of aliphatic hydroxyl groups is 1. The second-order valence-electron chi connectivity index (χ2n) is 15.5. The van der Waals surface area contributed by atoms with Crippen LogP contribution in [-0.2, 0) is 30.3 Å². The number of furan rings is 2. The number of benzene rings is 3. The molecule has 1 N–H and O–H groups in total. The summed E-state index contributed by atoms with van der Waals surface area (Å²) >= 11 is 0. The number of aromatic nitrogens is 1. The van der Waals surface area contributed by atoms with Crippen LogP contribution < -0.4 is 0 Å². The summed E-state index contributed by atoms with van der Waals surface area (Å²) in [6.07, 6.45) is 6.60. The molecule has 6 aromatic rings. The van der Waals surface area contributed by atoms with Gasteiger partial charge in [0.25, 0.3) is 0 Å². The minimum absolute atomic E-state index is 0. The maximum atomic E-state index is 12.2. The van der Waals surface area contributed by atoms with Crippen molar-refractivity contribution in [1.29, 1.82) is 0 Å². The molecule has 6 rings (SSSR count). The van der Waals surface area contributed by atoms with Gasteiger partial charge in [0, 0.05) is 59.2 Å². The van der Waals surface area contributed by atoms with Crippen LogP contribution in [0.1, 0.15) is 105 Å². The van der Waals surface area contributed by atoms with E-state index in [4.69, 9.17) is 13.8 Å². The number of rotatable bonds is 9. The van der Waals surface area contributed by atoms with Gasteiger partial charge in [-0.05, 0) is 56.6 Å². The molecular formula is C46H54IrNO4-. The Balaban J connectivity index is 0.000000289. The molecule has 0 aliphatic heterocycles. The number of pyridine rings is 1. The van der Waals surface area contributed by atoms with E-state index < -0.39 is 0 Å². The zero-order valence-corrected chi connectivity index (χ0v) is 35.1. The maximum absolute atomic E-state index is 12.2. The van der Waals surface area contributed by atoms with Gasteiger partial charge in [-0.15, -0.1) is 29.1 Å². The molecule has 0 aliphatic carbocycles. The van der Waals surface area contributed by atoms with Crippen LogP contribution in [0.5, 0.6) is 0 Å². The third-order valence-corrected chi connectivity index (χ3v) is 11.4. The molecule has 277 valence electrons. The Morgan fingerprint density at radius 1 is 0.827 bits per heavy atom. The van der Waals surface area contributed by atoms with E-state index in [0.29, 0.717) is 5.71 Å². The van der Waals surface area contributed by atoms with Crippen LogP contribution in [0.2, 0.25) is 0 Å². The van der Waals surface area contributed by atoms with Crippen LogP contribution in [-0.4, -0.2) is 15.9 Å². The second-order valence-corrected chi connectivity index (χ2v) is 15.5. The van der Waals surface area contributed by atoms with Crippen molar-refractivity contribution in [3.05, 3.63) is 102 Å². The molecule has 3 heterocycles. The number of hydrogen-bond donors (Lipinski definition) is 1. The van der Waals surface area contributed by atoms with Crippen LogP contribution in [0.15, 0.2) is 87.6 Å². The Hall–Kier alpha value is -3.99. The van der Waals surface area contributed by atoms with E-state index in [-0.39, 0.29) is 47.9 Å². The van der Waals surface area contributed by atoms with Gasteiger partial charge in [-0.25, -0.2) is 0 Å². The molecule has 0 saturated carbocycles. The summed E-state index contributed by atoms with van der Waals surface area (Å²) in [7, 11) is 0. The van der Waals surface area contributed by atoms with E-state index in [1.807, 2.05) is 72.9 Å². The number of allylic oxidation sites excluding steroid dienone is 2. The minimum Gasteiger partial charge on any atom is -0.512 e. The monoisotopic (exact) mass is 877 g/mol. The number of fused-ring (bicyclic) bond motifs is 3. The largest absolute Gasteiger partial charge is 0.512 e. The van der Waals surface area contributed by atoms with Crippen LogP contribution >= 0.6 is 0 Å². The molecule has 1 radical (unpaired) electrons. The first kappa shape index (κ1) is 40.8. The summed E-state index contributed by atoms with van der Waals surface area (Å²) < 4.78 is 12.0. The number of ketones is 1. The number of aryl methyl sites for hydroxylation is 2. The molecule has 0 fully saturated rings. The smallest absolute Gasteiger partial charge is 0.220 e. The number of carbonyl (C=O) groups excluding carboxylic acids is 1. The Bertz CT molecular complexity index is 2220. The van der Waals surface area contributed by atoms with Gasteiger partial charge in [0.1, 0.15) is 17.1 Å². The van der Waals surface area contributed by atoms with Gasteiger partial charge >= 0.3 is 0 Å². The van der Waals surface area contributed by atoms with Crippen molar-refractivity contribution in [2.45, 2.75) is 107 Å². The number of aliphatic hydroxyl groups excluding tert-OH is 1. The quantitative estimate of drug-likeness (QED) is 0.0889. The van der Waals surface area contributed by atoms with Gasteiger partial charge in [0.15, 0.2) is 5.78 Å². The summed E-state index contributed by atoms with van der Waals surface area (Å²) in [6, 6.07) is 24.6. The van der Waals surface area contributed by atoms with Crippen molar-refractivity contribution in [3.63, 3.8) is 0 Å². The molecule has 0 spiro atoms. The summed E-state index contributed by atoms with van der Waals surface area (Å²) in [4.78, 5) is 17.2. The van der Waals surface area contributed by atoms with E-state index in [9.17, 15) is 9.90 Å². The first-order chi connectivity index (χ1) is 24.1. The van der Waals surface area contributed by atoms with Crippen molar-refractivity contribution in [3.8, 4) is 22.4 Å². The fraction of sp³-hybridized carbons (Fsp3) is 0.391. The zero-order chi connectivity index (χ0) is 37.3. The summed E-state index contributed by atoms with van der Waals surface area (Å²) in [5, 5.41) is 14.6. The number of para-hydroxylation sites is 1. The molecule has 0 saturated heterocycles. The number of hydrogen-bond acceptors (Lipinski definition) is 5. The third kappa shape index (κ3) is 7.84. The van der Waals surface area contributed by atoms with E-state index in [2.05, 4.69) is 76.2 Å². The third-order valence-electron chi connectivity index (χ3n) is 11.4. The number of nitrogens with zero attached hydrogens (tertiary/aromatic N) is 1. The van der Waals surface area contributed by atoms with E-state index in [1.165, 1.54) is 17.0 Å². The molecule has 6 heteroatoms. The van der Waals surface area contributed by atoms with Gasteiger partial charge in [0.2, 0.25) is 5.71 Å². The standard InChI is InChI=1S/C31H26NO2.C15H28O2.Ir/c1-18-19(2)34-30-29(18)24(25-17-33-28-13-9-8-12-23(25)28)16-27(32-30)21-14-20-10-6-7-11-22(20)26(15-21)31(3,4)5;1-7-14(5,8-2)12(16)11-13(17)15(6,9-3)10-4;/h6-13,15-17H,1-5H3;11,16H,7-10H2,1-6H3;/q-1;;/b;12-11-;. The Labute approximate surface area is 323 Å². The van der Waals surface area contributed by atoms with Crippen LogP contribution in [0, 0.1) is 30.7 Å². The topological polar surface area (TPSA) is 76.5 Å². The Morgan fingerprint density at radius 2 is 1.42 bits per heavy atom. The predicted molar refractivity (Wildman–Crippen MR) is 212 cm³/mol. The van der Waals surface area contributed by atoms with Crippen LogP contribution in [0.3, 0.4) is 0 Å². The summed E-state index contributed by atoms with van der Waals surface area (Å²) in [5.74, 6) is 1.17. The molecule has 0 amide bonds. The maximum Gasteiger partial charge on any atom is 0.220 e. The summed E-state index contributed by atoms with van der Waals surface area (Å²) in [6.45, 7) is 22.9. The first-order valence-corrected chi connectivity index (χ1v) is 18.4. The molecular weight excluding hydrogens is 823 g/mol. The van der Waals surface area contributed by atoms with Crippen molar-refractivity contribution < 1.29 is 38.8 Å². The normalized spacial score (nSPS) is 12.6. The van der Waals surface area contributed by atoms with Crippen molar-refractivity contribution in [2.75, 3.05) is 0 Å². The fourth-order valence-electron chi connectivity index (χ4n) is 6.56. The van der Waals surface area contributed by atoms with E-state index in [0.717, 1.165) is 81.1 Å². The molecule has 5 nitrogen and oxygen atoms in total. The van der Waals surface area contributed by atoms with Gasteiger partial charge in [-0.1, -0.05) is 116 Å². The molecule has 3 aromatic carbocycles. The molecule has 52 heavy (non-hydrogen) atoms. The molecule has 0 bridgehead atoms. The fourth-order valence-corrected chi connectivity index (χ4v) is 6.56. The number of carbonyl (C=O) groups is 1. The molecule has 0 atom stereocenters. The van der Waals surface area contributed by atoms with Crippen molar-refractivity contribution in [2.24, 2.45) is 10.8 Å². The summed E-state index contributed by atoms with van der Waals surface area (Å²) in [5.41, 5.74) is 7.20. The van der Waals surface area contributed by atoms with Crippen molar-refractivity contribution >= 4 is 38.6 Å². The Kier molecular flexibility index (Phi) is 12.5.